The number of hydrogen-bond acceptors (Lipinski definition) is 4. The molecule has 0 aliphatic carbocycles. The smallest absolute Gasteiger partial charge is 0.411 e. The third-order valence-corrected chi connectivity index (χ3v) is 5.63. The standard InChI is InChI=1S/C16H21BrIN3O3/c1-9-11(18)8-12(21(9)15(23)24-16(2,3)4)14(22)20-10-5-6-19-13(17)7-10/h5-7,9,11-12H,8H2,1-4H3,(H,19,20,22)/t9-,11-,12+/m1/s1. The highest BCUT2D eigenvalue weighted by Gasteiger charge is 2.45. The normalized spacial score (nSPS) is 23.9. The average Bonchev–Trinajstić information content (AvgIpc) is 2.73. The van der Waals surface area contributed by atoms with Crippen LogP contribution >= 0.6 is 38.5 Å². The predicted octanol–water partition coefficient (Wildman–Crippen LogP) is 3.98. The number of amides is 2. The summed E-state index contributed by atoms with van der Waals surface area (Å²) in [6.07, 6.45) is 1.74. The first-order valence-corrected chi connectivity index (χ1v) is 9.70. The minimum Gasteiger partial charge on any atom is -0.444 e. The number of alkyl halides is 1. The first-order valence-electron chi connectivity index (χ1n) is 7.66. The van der Waals surface area contributed by atoms with Crippen molar-refractivity contribution in [1.29, 1.82) is 0 Å². The number of carbonyl (C=O) groups excluding carboxylic acids is 2. The van der Waals surface area contributed by atoms with Crippen LogP contribution in [0.25, 0.3) is 0 Å². The highest BCUT2D eigenvalue weighted by atomic mass is 127. The summed E-state index contributed by atoms with van der Waals surface area (Å²) in [6, 6.07) is 2.81. The van der Waals surface area contributed by atoms with Crippen molar-refractivity contribution in [3.05, 3.63) is 22.9 Å². The molecule has 1 fully saturated rings. The average molecular weight is 510 g/mol. The molecular weight excluding hydrogens is 489 g/mol. The summed E-state index contributed by atoms with van der Waals surface area (Å²) in [7, 11) is 0. The van der Waals surface area contributed by atoms with Crippen LogP contribution < -0.4 is 5.32 Å². The van der Waals surface area contributed by atoms with Gasteiger partial charge in [0.15, 0.2) is 0 Å². The molecule has 8 heteroatoms. The molecule has 0 unspecified atom stereocenters. The zero-order valence-electron chi connectivity index (χ0n) is 14.0. The lowest BCUT2D eigenvalue weighted by atomic mass is 10.2. The number of pyridine rings is 1. The van der Waals surface area contributed by atoms with Gasteiger partial charge in [-0.25, -0.2) is 9.78 Å². The lowest BCUT2D eigenvalue weighted by Crippen LogP contribution is -2.48. The Kier molecular flexibility index (Phi) is 6.11. The second-order valence-corrected chi connectivity index (χ2v) is 9.16. The monoisotopic (exact) mass is 509 g/mol. The third-order valence-electron chi connectivity index (χ3n) is 3.65. The maximum absolute atomic E-state index is 12.7. The van der Waals surface area contributed by atoms with Crippen LogP contribution in [0.15, 0.2) is 22.9 Å². The zero-order valence-corrected chi connectivity index (χ0v) is 17.8. The van der Waals surface area contributed by atoms with Crippen molar-refractivity contribution < 1.29 is 14.3 Å². The molecule has 6 nitrogen and oxygen atoms in total. The minimum absolute atomic E-state index is 0.0691. The number of hydrogen-bond donors (Lipinski definition) is 1. The fraction of sp³-hybridized carbons (Fsp3) is 0.562. The van der Waals surface area contributed by atoms with Crippen LogP contribution in [0.4, 0.5) is 10.5 Å². The predicted molar refractivity (Wildman–Crippen MR) is 104 cm³/mol. The Morgan fingerprint density at radius 1 is 1.46 bits per heavy atom. The van der Waals surface area contributed by atoms with E-state index in [1.165, 1.54) is 0 Å². The number of rotatable bonds is 2. The van der Waals surface area contributed by atoms with Crippen LogP contribution in [0.3, 0.4) is 0 Å². The molecular formula is C16H21BrIN3O3. The van der Waals surface area contributed by atoms with Crippen molar-refractivity contribution >= 4 is 56.2 Å². The van der Waals surface area contributed by atoms with Crippen molar-refractivity contribution in [3.8, 4) is 0 Å². The summed E-state index contributed by atoms with van der Waals surface area (Å²) in [4.78, 5) is 30.8. The SMILES string of the molecule is C[C@@H]1[C@H](I)C[C@@H](C(=O)Nc2ccnc(Br)c2)N1C(=O)OC(C)(C)C. The van der Waals surface area contributed by atoms with E-state index in [2.05, 4.69) is 48.8 Å². The van der Waals surface area contributed by atoms with Crippen LogP contribution in [-0.2, 0) is 9.53 Å². The van der Waals surface area contributed by atoms with Gasteiger partial charge in [0.25, 0.3) is 0 Å². The van der Waals surface area contributed by atoms with Crippen molar-refractivity contribution in [2.24, 2.45) is 0 Å². The van der Waals surface area contributed by atoms with Gasteiger partial charge in [-0.2, -0.15) is 0 Å². The topological polar surface area (TPSA) is 71.5 Å². The van der Waals surface area contributed by atoms with Gasteiger partial charge in [0.05, 0.1) is 0 Å². The van der Waals surface area contributed by atoms with E-state index in [0.717, 1.165) is 0 Å². The van der Waals surface area contributed by atoms with E-state index in [1.54, 1.807) is 23.2 Å². The van der Waals surface area contributed by atoms with Crippen molar-refractivity contribution in [2.75, 3.05) is 5.32 Å². The molecule has 0 saturated carbocycles. The van der Waals surface area contributed by atoms with Gasteiger partial charge < -0.3 is 10.1 Å². The second kappa shape index (κ2) is 7.55. The van der Waals surface area contributed by atoms with Gasteiger partial charge >= 0.3 is 6.09 Å². The van der Waals surface area contributed by atoms with Gasteiger partial charge in [0.2, 0.25) is 5.91 Å². The number of nitrogens with one attached hydrogen (secondary N) is 1. The van der Waals surface area contributed by atoms with Gasteiger partial charge in [0.1, 0.15) is 16.2 Å². The molecule has 132 valence electrons. The molecule has 0 radical (unpaired) electrons. The van der Waals surface area contributed by atoms with E-state index < -0.39 is 17.7 Å². The molecule has 2 heterocycles. The summed E-state index contributed by atoms with van der Waals surface area (Å²) in [6.45, 7) is 7.39. The molecule has 2 amide bonds. The summed E-state index contributed by atoms with van der Waals surface area (Å²) >= 11 is 5.56. The van der Waals surface area contributed by atoms with Gasteiger partial charge in [-0.05, 0) is 62.2 Å². The molecule has 3 atom stereocenters. The van der Waals surface area contributed by atoms with E-state index in [0.29, 0.717) is 16.7 Å². The first kappa shape index (κ1) is 19.4. The molecule has 1 saturated heterocycles. The molecule has 0 bridgehead atoms. The number of aromatic nitrogens is 1. The Morgan fingerprint density at radius 3 is 2.71 bits per heavy atom. The van der Waals surface area contributed by atoms with Crippen LogP contribution in [0.2, 0.25) is 0 Å². The maximum atomic E-state index is 12.7. The largest absolute Gasteiger partial charge is 0.444 e. The molecule has 1 aromatic rings. The molecule has 1 aromatic heterocycles. The molecule has 0 spiro atoms. The fourth-order valence-electron chi connectivity index (χ4n) is 2.53. The van der Waals surface area contributed by atoms with E-state index in [-0.39, 0.29) is 15.9 Å². The number of likely N-dealkylation sites (tertiary alicyclic amines) is 1. The maximum Gasteiger partial charge on any atom is 0.411 e. The quantitative estimate of drug-likeness (QED) is 0.372. The van der Waals surface area contributed by atoms with Crippen molar-refractivity contribution in [3.63, 3.8) is 0 Å². The third kappa shape index (κ3) is 4.81. The lowest BCUT2D eigenvalue weighted by Gasteiger charge is -2.31. The fourth-order valence-corrected chi connectivity index (χ4v) is 3.72. The Bertz CT molecular complexity index is 635. The summed E-state index contributed by atoms with van der Waals surface area (Å²) < 4.78 is 6.30. The second-order valence-electron chi connectivity index (χ2n) is 6.75. The van der Waals surface area contributed by atoms with Gasteiger partial charge in [-0.3, -0.25) is 9.69 Å². The Hall–Kier alpha value is -0.900. The molecule has 1 aliphatic rings. The number of carbonyl (C=O) groups is 2. The van der Waals surface area contributed by atoms with Crippen LogP contribution in [0, 0.1) is 0 Å². The van der Waals surface area contributed by atoms with Crippen LogP contribution in [0.1, 0.15) is 34.1 Å². The summed E-state index contributed by atoms with van der Waals surface area (Å²) in [5.74, 6) is -0.218. The van der Waals surface area contributed by atoms with Gasteiger partial charge in [-0.1, -0.05) is 22.6 Å². The molecule has 1 N–H and O–H groups in total. The summed E-state index contributed by atoms with van der Waals surface area (Å²) in [5, 5.41) is 2.85. The Morgan fingerprint density at radius 2 is 2.12 bits per heavy atom. The molecule has 1 aliphatic heterocycles. The van der Waals surface area contributed by atoms with E-state index in [1.807, 2.05) is 27.7 Å². The van der Waals surface area contributed by atoms with Crippen LogP contribution in [0.5, 0.6) is 0 Å². The first-order chi connectivity index (χ1) is 11.1. The van der Waals surface area contributed by atoms with Crippen molar-refractivity contribution in [2.45, 2.75) is 55.7 Å². The summed E-state index contributed by atoms with van der Waals surface area (Å²) in [5.41, 5.74) is 0.0347. The van der Waals surface area contributed by atoms with Gasteiger partial charge in [0, 0.05) is 21.9 Å². The minimum atomic E-state index is -0.600. The van der Waals surface area contributed by atoms with E-state index >= 15 is 0 Å². The molecule has 0 aromatic carbocycles. The lowest BCUT2D eigenvalue weighted by molar-refractivity contribution is -0.120. The number of ether oxygens (including phenoxy) is 1. The highest BCUT2D eigenvalue weighted by Crippen LogP contribution is 2.32. The number of nitrogens with zero attached hydrogens (tertiary/aromatic N) is 2. The number of anilines is 1. The Balaban J connectivity index is 2.16. The number of halogens is 2. The van der Waals surface area contributed by atoms with Crippen molar-refractivity contribution in [1.82, 2.24) is 9.88 Å². The zero-order chi connectivity index (χ0) is 18.1. The van der Waals surface area contributed by atoms with E-state index in [9.17, 15) is 9.59 Å². The Labute approximate surface area is 164 Å². The van der Waals surface area contributed by atoms with E-state index in [4.69, 9.17) is 4.74 Å². The van der Waals surface area contributed by atoms with Gasteiger partial charge in [-0.15, -0.1) is 0 Å². The van der Waals surface area contributed by atoms with Crippen LogP contribution in [-0.4, -0.2) is 43.5 Å². The molecule has 2 rings (SSSR count). The highest BCUT2D eigenvalue weighted by molar-refractivity contribution is 14.1. The molecule has 24 heavy (non-hydrogen) atoms.